The van der Waals surface area contributed by atoms with Crippen molar-refractivity contribution in [2.75, 3.05) is 26.4 Å². The first kappa shape index (κ1) is 22.5. The number of fused-ring (bicyclic) bond motifs is 7. The summed E-state index contributed by atoms with van der Waals surface area (Å²) in [5.41, 5.74) is 1.74. The van der Waals surface area contributed by atoms with Crippen molar-refractivity contribution in [1.82, 2.24) is 0 Å². The molecule has 0 aliphatic heterocycles. The Balaban J connectivity index is 1.50. The zero-order valence-electron chi connectivity index (χ0n) is 19.3. The predicted molar refractivity (Wildman–Crippen MR) is 137 cm³/mol. The third-order valence-corrected chi connectivity index (χ3v) is 6.27. The molecule has 0 saturated heterocycles. The molecule has 0 aliphatic rings. The summed E-state index contributed by atoms with van der Waals surface area (Å²) in [6.45, 7) is 1.67. The first-order valence-electron chi connectivity index (χ1n) is 12.1. The van der Waals surface area contributed by atoms with Crippen molar-refractivity contribution in [2.45, 2.75) is 32.1 Å². The van der Waals surface area contributed by atoms with Gasteiger partial charge in [-0.15, -0.1) is 0 Å². The van der Waals surface area contributed by atoms with Gasteiger partial charge in [-0.05, 0) is 102 Å². The second kappa shape index (κ2) is 10.3. The molecular formula is C29H30O5. The summed E-state index contributed by atoms with van der Waals surface area (Å²) in [5, 5.41) is 24.6. The van der Waals surface area contributed by atoms with Gasteiger partial charge in [-0.2, -0.15) is 0 Å². The number of hydrogen-bond donors (Lipinski definition) is 2. The van der Waals surface area contributed by atoms with Gasteiger partial charge in [0, 0.05) is 24.0 Å². The van der Waals surface area contributed by atoms with E-state index in [1.807, 2.05) is 24.3 Å². The summed E-state index contributed by atoms with van der Waals surface area (Å²) in [4.78, 5) is 0. The Kier molecular flexibility index (Phi) is 6.84. The van der Waals surface area contributed by atoms with Crippen LogP contribution >= 0.6 is 0 Å². The monoisotopic (exact) mass is 458 g/mol. The molecule has 0 aliphatic carbocycles. The fourth-order valence-electron chi connectivity index (χ4n) is 4.54. The fourth-order valence-corrected chi connectivity index (χ4v) is 4.54. The average Bonchev–Trinajstić information content (AvgIpc) is 3.26. The average molecular weight is 459 g/mol. The minimum absolute atomic E-state index is 0.193. The van der Waals surface area contributed by atoms with E-state index >= 15 is 0 Å². The smallest absolute Gasteiger partial charge is 0.136 e. The summed E-state index contributed by atoms with van der Waals surface area (Å²) < 4.78 is 18.0. The van der Waals surface area contributed by atoms with E-state index in [9.17, 15) is 0 Å². The molecule has 0 atom stereocenters. The largest absolute Gasteiger partial charge is 0.494 e. The summed E-state index contributed by atoms with van der Waals surface area (Å²) in [7, 11) is 0. The lowest BCUT2D eigenvalue weighted by molar-refractivity contribution is 0.253. The van der Waals surface area contributed by atoms with Crippen LogP contribution in [0.5, 0.6) is 11.5 Å². The molecule has 176 valence electrons. The molecule has 5 aromatic rings. The highest BCUT2D eigenvalue weighted by atomic mass is 16.5. The lowest BCUT2D eigenvalue weighted by atomic mass is 9.99. The van der Waals surface area contributed by atoms with Crippen LogP contribution in [-0.4, -0.2) is 36.6 Å². The normalized spacial score (nSPS) is 11.7. The molecule has 0 saturated carbocycles. The number of unbranched alkanes of at least 4 members (excludes halogenated alkanes) is 3. The molecular weight excluding hydrogens is 428 g/mol. The molecule has 2 N–H and O–H groups in total. The van der Waals surface area contributed by atoms with Gasteiger partial charge in [0.25, 0.3) is 0 Å². The molecule has 0 fully saturated rings. The Morgan fingerprint density at radius 1 is 0.559 bits per heavy atom. The number of aliphatic hydroxyl groups is 2. The summed E-state index contributed by atoms with van der Waals surface area (Å²) >= 11 is 0. The third-order valence-electron chi connectivity index (χ3n) is 6.27. The second-order valence-corrected chi connectivity index (χ2v) is 8.66. The van der Waals surface area contributed by atoms with Gasteiger partial charge in [-0.1, -0.05) is 12.1 Å². The van der Waals surface area contributed by atoms with E-state index in [0.29, 0.717) is 13.2 Å². The standard InChI is InChI=1S/C29H30O5/c30-14-2-1-4-16-32-22-8-10-24-20(18-22)6-12-26-28(24)29-25-11-9-23(33-17-5-3-15-31)19-21(25)7-13-27(29)34-26/h6-13,18-19,30-31H,1-5,14-17H2. The van der Waals surface area contributed by atoms with E-state index in [0.717, 1.165) is 87.1 Å². The lowest BCUT2D eigenvalue weighted by Gasteiger charge is -2.09. The molecule has 0 unspecified atom stereocenters. The van der Waals surface area contributed by atoms with E-state index in [2.05, 4.69) is 36.4 Å². The van der Waals surface area contributed by atoms with Gasteiger partial charge >= 0.3 is 0 Å². The first-order valence-corrected chi connectivity index (χ1v) is 12.1. The van der Waals surface area contributed by atoms with Crippen LogP contribution in [0.3, 0.4) is 0 Å². The van der Waals surface area contributed by atoms with Crippen LogP contribution in [0.2, 0.25) is 0 Å². The van der Waals surface area contributed by atoms with Gasteiger partial charge in [0.1, 0.15) is 22.7 Å². The number of hydrogen-bond acceptors (Lipinski definition) is 5. The van der Waals surface area contributed by atoms with Crippen LogP contribution < -0.4 is 9.47 Å². The maximum absolute atomic E-state index is 8.95. The van der Waals surface area contributed by atoms with Crippen LogP contribution in [0.1, 0.15) is 32.1 Å². The van der Waals surface area contributed by atoms with Crippen LogP contribution in [0.4, 0.5) is 0 Å². The summed E-state index contributed by atoms with van der Waals surface area (Å²) in [5.74, 6) is 1.69. The molecule has 0 amide bonds. The molecule has 1 aromatic heterocycles. The highest BCUT2D eigenvalue weighted by Gasteiger charge is 2.14. The van der Waals surface area contributed by atoms with Gasteiger partial charge in [0.2, 0.25) is 0 Å². The van der Waals surface area contributed by atoms with Gasteiger partial charge < -0.3 is 24.1 Å². The Morgan fingerprint density at radius 2 is 1.06 bits per heavy atom. The van der Waals surface area contributed by atoms with E-state index in [1.54, 1.807) is 0 Å². The molecule has 5 rings (SSSR count). The molecule has 0 bridgehead atoms. The van der Waals surface area contributed by atoms with Gasteiger partial charge in [-0.25, -0.2) is 0 Å². The van der Waals surface area contributed by atoms with Gasteiger partial charge in [0.15, 0.2) is 0 Å². The molecule has 5 heteroatoms. The zero-order chi connectivity index (χ0) is 23.3. The van der Waals surface area contributed by atoms with Crippen molar-refractivity contribution >= 4 is 43.5 Å². The molecule has 0 spiro atoms. The lowest BCUT2D eigenvalue weighted by Crippen LogP contribution is -1.98. The zero-order valence-corrected chi connectivity index (χ0v) is 19.3. The maximum Gasteiger partial charge on any atom is 0.136 e. The number of benzene rings is 4. The maximum atomic E-state index is 8.95. The van der Waals surface area contributed by atoms with Crippen molar-refractivity contribution in [2.24, 2.45) is 0 Å². The molecule has 5 nitrogen and oxygen atoms in total. The van der Waals surface area contributed by atoms with E-state index in [4.69, 9.17) is 24.1 Å². The minimum atomic E-state index is 0.193. The van der Waals surface area contributed by atoms with Crippen molar-refractivity contribution in [3.05, 3.63) is 60.7 Å². The molecule has 0 radical (unpaired) electrons. The molecule has 34 heavy (non-hydrogen) atoms. The topological polar surface area (TPSA) is 72.1 Å². The highest BCUT2D eigenvalue weighted by Crippen LogP contribution is 2.40. The number of ether oxygens (including phenoxy) is 2. The van der Waals surface area contributed by atoms with Crippen LogP contribution in [0, 0.1) is 0 Å². The Morgan fingerprint density at radius 3 is 1.59 bits per heavy atom. The first-order chi connectivity index (χ1) is 16.8. The summed E-state index contributed by atoms with van der Waals surface area (Å²) in [6, 6.07) is 20.6. The van der Waals surface area contributed by atoms with Crippen molar-refractivity contribution in [3.63, 3.8) is 0 Å². The van der Waals surface area contributed by atoms with Gasteiger partial charge in [-0.3, -0.25) is 0 Å². The van der Waals surface area contributed by atoms with Crippen LogP contribution in [0.15, 0.2) is 65.1 Å². The Hall–Kier alpha value is -3.28. The third kappa shape index (κ3) is 4.54. The number of furan rings is 1. The van der Waals surface area contributed by atoms with E-state index in [1.165, 1.54) is 0 Å². The van der Waals surface area contributed by atoms with Gasteiger partial charge in [0.05, 0.1) is 13.2 Å². The fraction of sp³-hybridized carbons (Fsp3) is 0.310. The van der Waals surface area contributed by atoms with Crippen LogP contribution in [0.25, 0.3) is 43.5 Å². The predicted octanol–water partition coefficient (Wildman–Crippen LogP) is 6.59. The van der Waals surface area contributed by atoms with Crippen LogP contribution in [-0.2, 0) is 0 Å². The Bertz CT molecular complexity index is 1420. The van der Waals surface area contributed by atoms with Crippen molar-refractivity contribution in [3.8, 4) is 11.5 Å². The van der Waals surface area contributed by atoms with E-state index < -0.39 is 0 Å². The Labute approximate surface area is 198 Å². The van der Waals surface area contributed by atoms with E-state index in [-0.39, 0.29) is 13.2 Å². The number of aliphatic hydroxyl groups excluding tert-OH is 2. The quantitative estimate of drug-likeness (QED) is 0.219. The SMILES string of the molecule is OCCCCCOc1ccc2c(ccc3oc4ccc5cc(OCCCCO)ccc5c4c32)c1. The molecule has 4 aromatic carbocycles. The second-order valence-electron chi connectivity index (χ2n) is 8.66. The van der Waals surface area contributed by atoms with Crippen molar-refractivity contribution < 1.29 is 24.1 Å². The molecule has 1 heterocycles. The van der Waals surface area contributed by atoms with Crippen molar-refractivity contribution in [1.29, 1.82) is 0 Å². The summed E-state index contributed by atoms with van der Waals surface area (Å²) in [6.07, 6.45) is 4.30. The number of rotatable bonds is 11. The minimum Gasteiger partial charge on any atom is -0.494 e. The highest BCUT2D eigenvalue weighted by molar-refractivity contribution is 6.26.